The van der Waals surface area contributed by atoms with Crippen molar-refractivity contribution in [2.75, 3.05) is 4.90 Å². The van der Waals surface area contributed by atoms with Gasteiger partial charge in [-0.15, -0.1) is 0 Å². The first kappa shape index (κ1) is 48.2. The maximum atomic E-state index is 9.81. The lowest BCUT2D eigenvalue weighted by Gasteiger charge is -2.41. The molecule has 0 radical (unpaired) electrons. The SMILES string of the molecule is [2H]c1c([2H])c([2H])c(-c2cc3c4c(c2)c2cc(-n5c6ccc(C(C)(C)C)cc6c6cc(C(C)(C)C)ccc65)ccc2n4-c2cc4[nH]c5c(-c6ccccc6-c6ccccc6-c6ccccc6)cccc5c4c4c2B3c2ccc(-n3c5c([2H])c([2H])c([2H])c([2H])c5c5c([2H])c([2H])c([2H])c([2H])c53)cc2N4c2ccc(-c3ccccc3)cc2)c([2H])c1[2H]. The van der Waals surface area contributed by atoms with Crippen LogP contribution >= 0.6 is 0 Å². The van der Waals surface area contributed by atoms with E-state index in [4.69, 9.17) is 4.11 Å². The van der Waals surface area contributed by atoms with Crippen LogP contribution in [0.3, 0.4) is 0 Å². The Balaban J connectivity index is 0.928. The van der Waals surface area contributed by atoms with Gasteiger partial charge >= 0.3 is 0 Å². The molecule has 492 valence electrons. The molecular weight excluding hydrogens is 1260 g/mol. The Morgan fingerprint density at radius 1 is 0.327 bits per heavy atom. The minimum Gasteiger partial charge on any atom is -0.354 e. The first-order chi connectivity index (χ1) is 56.3. The zero-order valence-corrected chi connectivity index (χ0v) is 58.0. The zero-order chi connectivity index (χ0) is 80.7. The third-order valence-electron chi connectivity index (χ3n) is 22.0. The summed E-state index contributed by atoms with van der Waals surface area (Å²) in [5, 5.41) is 5.50. The molecule has 0 bridgehead atoms. The molecule has 2 aliphatic rings. The van der Waals surface area contributed by atoms with E-state index in [0.717, 1.165) is 149 Å². The molecule has 0 amide bonds. The quantitative estimate of drug-likeness (QED) is 0.151. The second kappa shape index (κ2) is 22.4. The van der Waals surface area contributed by atoms with Gasteiger partial charge in [0, 0.05) is 82.6 Å². The second-order valence-corrected chi connectivity index (χ2v) is 29.9. The Morgan fingerprint density at radius 3 is 1.51 bits per heavy atom. The molecule has 104 heavy (non-hydrogen) atoms. The maximum absolute atomic E-state index is 9.81. The fourth-order valence-corrected chi connectivity index (χ4v) is 17.2. The lowest BCUT2D eigenvalue weighted by atomic mass is 9.33. The fraction of sp³-hybridized carbons (Fsp3) is 0.0816. The van der Waals surface area contributed by atoms with Gasteiger partial charge < -0.3 is 23.6 Å². The number of para-hydroxylation sites is 3. The Labute approximate surface area is 623 Å². The van der Waals surface area contributed by atoms with E-state index in [1.807, 2.05) is 54.6 Å². The molecule has 15 aromatic carbocycles. The summed E-state index contributed by atoms with van der Waals surface area (Å²) in [7, 11) is 0. The molecule has 0 unspecified atom stereocenters. The molecule has 6 heterocycles. The number of aromatic nitrogens is 4. The monoisotopic (exact) mass is 1340 g/mol. The third-order valence-corrected chi connectivity index (χ3v) is 22.0. The molecule has 4 aromatic heterocycles. The van der Waals surface area contributed by atoms with Crippen LogP contribution in [0.5, 0.6) is 0 Å². The molecule has 0 atom stereocenters. The van der Waals surface area contributed by atoms with Crippen molar-refractivity contribution in [3.8, 4) is 72.7 Å². The highest BCUT2D eigenvalue weighted by Gasteiger charge is 2.45. The van der Waals surface area contributed by atoms with Crippen LogP contribution < -0.4 is 21.3 Å². The maximum Gasteiger partial charge on any atom is 0.252 e. The van der Waals surface area contributed by atoms with Crippen molar-refractivity contribution >= 4 is 127 Å². The smallest absolute Gasteiger partial charge is 0.252 e. The average Bonchev–Trinajstić information content (AvgIpc) is 1.63. The van der Waals surface area contributed by atoms with E-state index in [1.54, 1.807) is 4.57 Å². The lowest BCUT2D eigenvalue weighted by molar-refractivity contribution is 0.590. The Kier molecular flexibility index (Phi) is 10.4. The fourth-order valence-electron chi connectivity index (χ4n) is 17.2. The Bertz CT molecular complexity index is 7460. The number of benzene rings is 15. The summed E-state index contributed by atoms with van der Waals surface area (Å²) in [5.41, 5.74) is 22.6. The zero-order valence-electron chi connectivity index (χ0n) is 71.0. The van der Waals surface area contributed by atoms with Crippen molar-refractivity contribution in [3.63, 3.8) is 0 Å². The van der Waals surface area contributed by atoms with Crippen LogP contribution in [-0.4, -0.2) is 25.4 Å². The molecule has 0 aliphatic carbocycles. The molecule has 0 spiro atoms. The number of fused-ring (bicyclic) bond motifs is 17. The van der Waals surface area contributed by atoms with Gasteiger partial charge in [-0.25, -0.2) is 0 Å². The predicted molar refractivity (Wildman–Crippen MR) is 443 cm³/mol. The van der Waals surface area contributed by atoms with Gasteiger partial charge in [-0.2, -0.15) is 0 Å². The first-order valence-corrected chi connectivity index (χ1v) is 35.5. The van der Waals surface area contributed by atoms with Gasteiger partial charge in [0.25, 0.3) is 6.71 Å². The van der Waals surface area contributed by atoms with Crippen molar-refractivity contribution in [2.24, 2.45) is 0 Å². The Morgan fingerprint density at radius 2 is 0.846 bits per heavy atom. The second-order valence-electron chi connectivity index (χ2n) is 29.9. The number of nitrogens with one attached hydrogen (secondary N) is 1. The number of hydrogen-bond donors (Lipinski definition) is 1. The van der Waals surface area contributed by atoms with Crippen LogP contribution in [0, 0.1) is 0 Å². The number of aromatic amines is 1. The molecule has 6 heteroatoms. The van der Waals surface area contributed by atoms with E-state index < -0.39 is 73.2 Å². The highest BCUT2D eigenvalue weighted by molar-refractivity contribution is 7.00. The van der Waals surface area contributed by atoms with E-state index in [0.29, 0.717) is 16.9 Å². The molecule has 0 saturated heterocycles. The van der Waals surface area contributed by atoms with Crippen molar-refractivity contribution in [1.29, 1.82) is 0 Å². The van der Waals surface area contributed by atoms with Crippen molar-refractivity contribution in [2.45, 2.75) is 52.4 Å². The summed E-state index contributed by atoms with van der Waals surface area (Å²) in [6.07, 6.45) is 0. The highest BCUT2D eigenvalue weighted by atomic mass is 15.2. The van der Waals surface area contributed by atoms with E-state index in [9.17, 15) is 13.7 Å². The Hall–Kier alpha value is -12.6. The van der Waals surface area contributed by atoms with Gasteiger partial charge in [-0.05, 0) is 179 Å². The van der Waals surface area contributed by atoms with Crippen LogP contribution in [0.2, 0.25) is 0 Å². The van der Waals surface area contributed by atoms with Crippen LogP contribution in [0.25, 0.3) is 160 Å². The van der Waals surface area contributed by atoms with Crippen LogP contribution in [0.1, 0.15) is 70.5 Å². The number of rotatable bonds is 8. The summed E-state index contributed by atoms with van der Waals surface area (Å²) in [5.74, 6) is 0. The molecular formula is C98H72BN5. The number of H-pyrrole nitrogens is 1. The van der Waals surface area contributed by atoms with Crippen molar-refractivity contribution in [3.05, 3.63) is 332 Å². The average molecular weight is 1340 g/mol. The standard InChI is InChI=1S/C98H72BN5/c1-97(2,3)65-43-50-87-78(55-65)79-56-66(98(4,5)6)44-51-88(79)101(87)68-48-52-89-80(57-68)81-53-64(61-27-12-8-13-28-61)54-83-95(81)104(89)91-59-84-92(77-38-24-37-76(94(77)100-84)73-34-19-18-33-72(73)71-32-17-16-31-70(71)63-29-14-9-15-30-63)96-93(91)99(83)82-49-47-69(102-85-39-22-20-35-74(85)75-36-21-23-40-86(75)102)58-90(82)103(96)67-45-41-62(42-46-67)60-25-10-7-11-26-60/h7-59,100H,1-6H3/i8D,12D,13D,20D,21D,22D,23D,27D,28D,35D,36D,39D,40D. The van der Waals surface area contributed by atoms with Crippen molar-refractivity contribution in [1.82, 2.24) is 18.7 Å². The van der Waals surface area contributed by atoms with Gasteiger partial charge in [-0.3, -0.25) is 0 Å². The number of nitrogens with zero attached hydrogens (tertiary/aromatic N) is 4. The first-order valence-electron chi connectivity index (χ1n) is 42.0. The third kappa shape index (κ3) is 8.94. The van der Waals surface area contributed by atoms with Crippen LogP contribution in [0.4, 0.5) is 17.1 Å². The molecule has 0 saturated carbocycles. The van der Waals surface area contributed by atoms with Crippen LogP contribution in [0.15, 0.2) is 321 Å². The molecule has 2 aliphatic heterocycles. The molecule has 19 aromatic rings. The molecule has 0 fully saturated rings. The van der Waals surface area contributed by atoms with Crippen LogP contribution in [-0.2, 0) is 10.8 Å². The minimum atomic E-state index is -0.741. The topological polar surface area (TPSA) is 33.8 Å². The summed E-state index contributed by atoms with van der Waals surface area (Å²) < 4.78 is 129. The van der Waals surface area contributed by atoms with E-state index >= 15 is 0 Å². The summed E-state index contributed by atoms with van der Waals surface area (Å²) in [4.78, 5) is 6.41. The van der Waals surface area contributed by atoms with E-state index in [2.05, 4.69) is 249 Å². The van der Waals surface area contributed by atoms with Gasteiger partial charge in [0.15, 0.2) is 0 Å². The normalized spacial score (nSPS) is 14.6. The van der Waals surface area contributed by atoms with Crippen molar-refractivity contribution < 1.29 is 17.8 Å². The molecule has 1 N–H and O–H groups in total. The largest absolute Gasteiger partial charge is 0.354 e. The molecule has 5 nitrogen and oxygen atoms in total. The summed E-state index contributed by atoms with van der Waals surface area (Å²) in [6.45, 7) is 12.7. The number of anilines is 3. The van der Waals surface area contributed by atoms with Gasteiger partial charge in [0.1, 0.15) is 0 Å². The summed E-state index contributed by atoms with van der Waals surface area (Å²) in [6, 6.07) is 78.8. The van der Waals surface area contributed by atoms with Gasteiger partial charge in [-0.1, -0.05) is 272 Å². The summed E-state index contributed by atoms with van der Waals surface area (Å²) >= 11 is 0. The number of hydrogen-bond acceptors (Lipinski definition) is 1. The highest BCUT2D eigenvalue weighted by Crippen LogP contribution is 2.51. The lowest BCUT2D eigenvalue weighted by Crippen LogP contribution is -2.60. The minimum absolute atomic E-state index is 0.0294. The predicted octanol–water partition coefficient (Wildman–Crippen LogP) is 24.2. The van der Waals surface area contributed by atoms with Gasteiger partial charge in [0.2, 0.25) is 0 Å². The van der Waals surface area contributed by atoms with Gasteiger partial charge in [0.05, 0.1) is 62.1 Å². The molecule has 21 rings (SSSR count). The van der Waals surface area contributed by atoms with E-state index in [1.165, 1.54) is 11.1 Å². The van der Waals surface area contributed by atoms with E-state index in [-0.39, 0.29) is 50.3 Å².